The van der Waals surface area contributed by atoms with Crippen LogP contribution in [-0.4, -0.2) is 33.3 Å². The molecule has 0 unspecified atom stereocenters. The number of nitrogen functional groups attached to an aromatic ring is 1. The van der Waals surface area contributed by atoms with Gasteiger partial charge >= 0.3 is 0 Å². The van der Waals surface area contributed by atoms with Crippen LogP contribution in [0.4, 0.5) is 5.69 Å². The zero-order valence-corrected chi connectivity index (χ0v) is 11.4. The molecule has 7 heteroatoms. The van der Waals surface area contributed by atoms with Crippen molar-refractivity contribution in [3.05, 3.63) is 17.7 Å². The lowest BCUT2D eigenvalue weighted by molar-refractivity contribution is 0.198. The lowest BCUT2D eigenvalue weighted by Gasteiger charge is -2.13. The van der Waals surface area contributed by atoms with Gasteiger partial charge in [0.05, 0.1) is 13.2 Å². The van der Waals surface area contributed by atoms with E-state index in [1.165, 1.54) is 20.1 Å². The van der Waals surface area contributed by atoms with Gasteiger partial charge in [0.1, 0.15) is 10.6 Å². The lowest BCUT2D eigenvalue weighted by Crippen LogP contribution is -2.31. The Hall–Kier alpha value is -1.31. The monoisotopic (exact) mass is 274 g/mol. The number of aryl methyl sites for hydroxylation is 1. The van der Waals surface area contributed by atoms with Gasteiger partial charge in [-0.2, -0.15) is 0 Å². The molecule has 0 aliphatic carbocycles. The Balaban J connectivity index is 3.19. The quantitative estimate of drug-likeness (QED) is 0.668. The van der Waals surface area contributed by atoms with Crippen molar-refractivity contribution in [1.29, 1.82) is 0 Å². The number of methoxy groups -OCH3 is 1. The van der Waals surface area contributed by atoms with E-state index in [2.05, 4.69) is 4.72 Å². The second kappa shape index (κ2) is 5.55. The third-order valence-electron chi connectivity index (χ3n) is 2.41. The van der Waals surface area contributed by atoms with Crippen LogP contribution in [0.1, 0.15) is 12.5 Å². The Morgan fingerprint density at radius 1 is 1.50 bits per heavy atom. The van der Waals surface area contributed by atoms with Crippen molar-refractivity contribution in [2.24, 2.45) is 0 Å². The molecule has 0 bridgehead atoms. The first-order chi connectivity index (χ1) is 8.27. The molecule has 0 saturated heterocycles. The zero-order chi connectivity index (χ0) is 13.9. The number of aliphatic hydroxyl groups excluding tert-OH is 1. The maximum atomic E-state index is 12.0. The molecular formula is C11H18N2O4S. The summed E-state index contributed by atoms with van der Waals surface area (Å²) in [6.45, 7) is 3.18. The summed E-state index contributed by atoms with van der Waals surface area (Å²) in [4.78, 5) is -0.0336. The molecule has 4 N–H and O–H groups in total. The average molecular weight is 274 g/mol. The number of nitrogens with two attached hydrogens (primary N) is 1. The van der Waals surface area contributed by atoms with E-state index in [1.54, 1.807) is 13.0 Å². The van der Waals surface area contributed by atoms with E-state index in [-0.39, 0.29) is 17.2 Å². The second-order valence-electron chi connectivity index (χ2n) is 4.06. The van der Waals surface area contributed by atoms with Crippen molar-refractivity contribution < 1.29 is 18.3 Å². The van der Waals surface area contributed by atoms with Gasteiger partial charge in [-0.25, -0.2) is 13.1 Å². The van der Waals surface area contributed by atoms with Gasteiger partial charge in [-0.1, -0.05) is 0 Å². The highest BCUT2D eigenvalue weighted by atomic mass is 32.2. The Kier molecular flexibility index (Phi) is 4.55. The van der Waals surface area contributed by atoms with E-state index in [0.29, 0.717) is 5.69 Å². The smallest absolute Gasteiger partial charge is 0.244 e. The molecule has 102 valence electrons. The lowest BCUT2D eigenvalue weighted by atomic mass is 10.2. The highest BCUT2D eigenvalue weighted by molar-refractivity contribution is 7.89. The van der Waals surface area contributed by atoms with Crippen molar-refractivity contribution in [2.75, 3.05) is 19.4 Å². The molecule has 6 nitrogen and oxygen atoms in total. The normalized spacial score (nSPS) is 13.3. The first kappa shape index (κ1) is 14.7. The fourth-order valence-corrected chi connectivity index (χ4v) is 2.66. The van der Waals surface area contributed by atoms with Crippen LogP contribution in [0.3, 0.4) is 0 Å². The topological polar surface area (TPSA) is 102 Å². The number of hydrogen-bond donors (Lipinski definition) is 3. The van der Waals surface area contributed by atoms with Crippen LogP contribution in [0.25, 0.3) is 0 Å². The number of hydrogen-bond acceptors (Lipinski definition) is 5. The third-order valence-corrected chi connectivity index (χ3v) is 3.86. The largest absolute Gasteiger partial charge is 0.495 e. The molecule has 0 aliphatic rings. The molecule has 0 amide bonds. The molecule has 0 spiro atoms. The highest BCUT2D eigenvalue weighted by Gasteiger charge is 2.21. The molecule has 1 aromatic carbocycles. The average Bonchev–Trinajstić information content (AvgIpc) is 2.29. The maximum absolute atomic E-state index is 12.0. The van der Waals surface area contributed by atoms with Crippen LogP contribution in [0, 0.1) is 6.92 Å². The molecule has 0 aliphatic heterocycles. The first-order valence-electron chi connectivity index (χ1n) is 5.39. The summed E-state index contributed by atoms with van der Waals surface area (Å²) >= 11 is 0. The predicted octanol–water partition coefficient (Wildman–Crippen LogP) is 0.245. The van der Waals surface area contributed by atoms with Crippen molar-refractivity contribution >= 4 is 15.7 Å². The minimum absolute atomic E-state index is 0.0336. The Morgan fingerprint density at radius 2 is 2.11 bits per heavy atom. The third kappa shape index (κ3) is 3.34. The van der Waals surface area contributed by atoms with E-state index in [4.69, 9.17) is 15.6 Å². The minimum atomic E-state index is -3.75. The SMILES string of the molecule is COc1cc(C)c(N)cc1S(=O)(=O)NC[C@@H](C)O. The van der Waals surface area contributed by atoms with Gasteiger partial charge in [0.2, 0.25) is 10.0 Å². The van der Waals surface area contributed by atoms with Crippen LogP contribution in [0.5, 0.6) is 5.75 Å². The molecule has 0 saturated carbocycles. The van der Waals surface area contributed by atoms with Gasteiger partial charge < -0.3 is 15.6 Å². The van der Waals surface area contributed by atoms with Gasteiger partial charge in [0.25, 0.3) is 0 Å². The van der Waals surface area contributed by atoms with Gasteiger partial charge in [-0.15, -0.1) is 0 Å². The number of anilines is 1. The van der Waals surface area contributed by atoms with Crippen molar-refractivity contribution in [1.82, 2.24) is 4.72 Å². The molecule has 1 aromatic rings. The number of sulfonamides is 1. The van der Waals surface area contributed by atoms with Crippen LogP contribution in [0.2, 0.25) is 0 Å². The summed E-state index contributed by atoms with van der Waals surface area (Å²) < 4.78 is 31.4. The molecule has 0 aromatic heterocycles. The summed E-state index contributed by atoms with van der Waals surface area (Å²) in [6.07, 6.45) is -0.770. The standard InChI is InChI=1S/C11H18N2O4S/c1-7-4-10(17-3)11(5-9(7)12)18(15,16)13-6-8(2)14/h4-5,8,13-14H,6,12H2,1-3H3/t8-/m1/s1. The number of benzene rings is 1. The van der Waals surface area contributed by atoms with Crippen molar-refractivity contribution in [3.63, 3.8) is 0 Å². The van der Waals surface area contributed by atoms with Crippen LogP contribution >= 0.6 is 0 Å². The van der Waals surface area contributed by atoms with Crippen molar-refractivity contribution in [2.45, 2.75) is 24.8 Å². The minimum Gasteiger partial charge on any atom is -0.495 e. The highest BCUT2D eigenvalue weighted by Crippen LogP contribution is 2.28. The van der Waals surface area contributed by atoms with E-state index in [1.807, 2.05) is 0 Å². The molecule has 0 heterocycles. The van der Waals surface area contributed by atoms with E-state index >= 15 is 0 Å². The number of ether oxygens (including phenoxy) is 1. The maximum Gasteiger partial charge on any atom is 0.244 e. The first-order valence-corrected chi connectivity index (χ1v) is 6.88. The molecular weight excluding hydrogens is 256 g/mol. The van der Waals surface area contributed by atoms with Crippen LogP contribution < -0.4 is 15.2 Å². The summed E-state index contributed by atoms with van der Waals surface area (Å²) in [6, 6.07) is 2.91. The Morgan fingerprint density at radius 3 is 2.61 bits per heavy atom. The molecule has 1 atom stereocenters. The fraction of sp³-hybridized carbons (Fsp3) is 0.455. The van der Waals surface area contributed by atoms with Gasteiger partial charge in [-0.05, 0) is 31.5 Å². The fourth-order valence-electron chi connectivity index (χ4n) is 1.35. The van der Waals surface area contributed by atoms with Gasteiger partial charge in [0.15, 0.2) is 0 Å². The molecule has 0 fully saturated rings. The molecule has 0 radical (unpaired) electrons. The molecule has 1 rings (SSSR count). The Labute approximate surface area is 107 Å². The summed E-state index contributed by atoms with van der Waals surface area (Å²) in [5.41, 5.74) is 6.81. The summed E-state index contributed by atoms with van der Waals surface area (Å²) in [5, 5.41) is 9.10. The summed E-state index contributed by atoms with van der Waals surface area (Å²) in [5.74, 6) is 0.222. The number of nitrogens with one attached hydrogen (secondary N) is 1. The van der Waals surface area contributed by atoms with E-state index in [9.17, 15) is 8.42 Å². The Bertz CT molecular complexity index is 526. The number of rotatable bonds is 5. The second-order valence-corrected chi connectivity index (χ2v) is 5.80. The number of aliphatic hydroxyl groups is 1. The van der Waals surface area contributed by atoms with E-state index in [0.717, 1.165) is 5.56 Å². The summed E-state index contributed by atoms with van der Waals surface area (Å²) in [7, 11) is -2.36. The van der Waals surface area contributed by atoms with Gasteiger partial charge in [0, 0.05) is 12.2 Å². The van der Waals surface area contributed by atoms with Crippen LogP contribution in [0.15, 0.2) is 17.0 Å². The van der Waals surface area contributed by atoms with Crippen LogP contribution in [-0.2, 0) is 10.0 Å². The van der Waals surface area contributed by atoms with Gasteiger partial charge in [-0.3, -0.25) is 0 Å². The van der Waals surface area contributed by atoms with E-state index < -0.39 is 16.1 Å². The zero-order valence-electron chi connectivity index (χ0n) is 10.6. The van der Waals surface area contributed by atoms with Crippen molar-refractivity contribution in [3.8, 4) is 5.75 Å². The molecule has 18 heavy (non-hydrogen) atoms. The predicted molar refractivity (Wildman–Crippen MR) is 69.0 cm³/mol.